The van der Waals surface area contributed by atoms with Crippen molar-refractivity contribution < 1.29 is 19.4 Å². The molecule has 27 heavy (non-hydrogen) atoms. The highest BCUT2D eigenvalue weighted by Crippen LogP contribution is 2.23. The molecule has 8 heteroatoms. The lowest BCUT2D eigenvalue weighted by Crippen LogP contribution is -2.49. The summed E-state index contributed by atoms with van der Waals surface area (Å²) < 4.78 is 10.5. The van der Waals surface area contributed by atoms with Crippen LogP contribution in [-0.4, -0.2) is 89.7 Å². The van der Waals surface area contributed by atoms with Gasteiger partial charge in [0.1, 0.15) is 11.4 Å². The molecule has 0 radical (unpaired) electrons. The molecule has 0 aliphatic carbocycles. The van der Waals surface area contributed by atoms with Crippen LogP contribution in [0.3, 0.4) is 0 Å². The van der Waals surface area contributed by atoms with E-state index >= 15 is 0 Å². The van der Waals surface area contributed by atoms with E-state index in [-0.39, 0.29) is 11.9 Å². The second kappa shape index (κ2) is 7.67. The molecule has 1 aromatic carbocycles. The highest BCUT2D eigenvalue weighted by molar-refractivity contribution is 5.93. The summed E-state index contributed by atoms with van der Waals surface area (Å²) in [7, 11) is 1.62. The van der Waals surface area contributed by atoms with Crippen molar-refractivity contribution in [3.05, 3.63) is 36.0 Å². The number of likely N-dealkylation sites (tertiary alicyclic amines) is 1. The van der Waals surface area contributed by atoms with Gasteiger partial charge in [0.25, 0.3) is 5.91 Å². The summed E-state index contributed by atoms with van der Waals surface area (Å²) in [6.07, 6.45) is -0.545. The third-order valence-corrected chi connectivity index (χ3v) is 5.26. The van der Waals surface area contributed by atoms with Crippen molar-refractivity contribution in [1.29, 1.82) is 0 Å². The maximum Gasteiger partial charge on any atom is 0.272 e. The zero-order chi connectivity index (χ0) is 18.8. The Morgan fingerprint density at radius 1 is 1.26 bits per heavy atom. The molecule has 2 N–H and O–H groups in total. The van der Waals surface area contributed by atoms with Gasteiger partial charge in [-0.3, -0.25) is 14.8 Å². The number of H-pyrrole nitrogens is 1. The maximum atomic E-state index is 12.8. The van der Waals surface area contributed by atoms with Crippen molar-refractivity contribution in [3.8, 4) is 17.0 Å². The first-order valence-corrected chi connectivity index (χ1v) is 9.14. The van der Waals surface area contributed by atoms with Gasteiger partial charge in [0.05, 0.1) is 38.2 Å². The Labute approximate surface area is 157 Å². The lowest BCUT2D eigenvalue weighted by Gasteiger charge is -2.33. The zero-order valence-electron chi connectivity index (χ0n) is 15.3. The number of benzene rings is 1. The number of β-amino-alcohol motifs (C(OH)–C–C–N with tert-alkyl or cyclic N) is 1. The zero-order valence-corrected chi connectivity index (χ0v) is 15.3. The molecule has 0 spiro atoms. The molecule has 2 saturated heterocycles. The topological polar surface area (TPSA) is 90.9 Å². The van der Waals surface area contributed by atoms with Crippen molar-refractivity contribution in [2.24, 2.45) is 0 Å². The summed E-state index contributed by atoms with van der Waals surface area (Å²) in [6.45, 7) is 3.76. The fraction of sp³-hybridized carbons (Fsp3) is 0.474. The second-order valence-electron chi connectivity index (χ2n) is 6.89. The van der Waals surface area contributed by atoms with Crippen LogP contribution in [0.4, 0.5) is 0 Å². The molecule has 0 bridgehead atoms. The molecular formula is C19H24N4O4. The molecule has 3 heterocycles. The molecule has 1 amide bonds. The van der Waals surface area contributed by atoms with Crippen molar-refractivity contribution in [1.82, 2.24) is 20.0 Å². The summed E-state index contributed by atoms with van der Waals surface area (Å²) in [5, 5.41) is 17.5. The number of methoxy groups -OCH3 is 1. The van der Waals surface area contributed by atoms with Crippen molar-refractivity contribution in [3.63, 3.8) is 0 Å². The number of hydrogen-bond acceptors (Lipinski definition) is 6. The van der Waals surface area contributed by atoms with Crippen LogP contribution in [0.1, 0.15) is 10.5 Å². The van der Waals surface area contributed by atoms with Crippen LogP contribution < -0.4 is 4.74 Å². The Balaban J connectivity index is 1.44. The average Bonchev–Trinajstić information content (AvgIpc) is 3.35. The Bertz CT molecular complexity index is 785. The minimum atomic E-state index is -0.545. The number of carbonyl (C=O) groups excluding carboxylic acids is 1. The van der Waals surface area contributed by atoms with E-state index in [1.165, 1.54) is 0 Å². The van der Waals surface area contributed by atoms with Crippen molar-refractivity contribution in [2.45, 2.75) is 12.1 Å². The third kappa shape index (κ3) is 3.69. The number of nitrogens with one attached hydrogen (secondary N) is 1. The standard InChI is InChI=1S/C19H24N4O4/c1-26-14-4-2-13(3-5-14)15-10-16(21-20-15)19(25)23-11-17(18(24)12-23)22-6-8-27-9-7-22/h2-5,10,17-18,24H,6-9,11-12H2,1H3,(H,20,21)/t17-,18-/m1/s1. The van der Waals surface area contributed by atoms with Gasteiger partial charge >= 0.3 is 0 Å². The van der Waals surface area contributed by atoms with Crippen LogP contribution in [0.15, 0.2) is 30.3 Å². The number of aromatic amines is 1. The van der Waals surface area contributed by atoms with Gasteiger partial charge in [0, 0.05) is 31.7 Å². The number of morpholine rings is 1. The summed E-state index contributed by atoms with van der Waals surface area (Å²) in [4.78, 5) is 16.7. The predicted molar refractivity (Wildman–Crippen MR) is 98.7 cm³/mol. The molecule has 4 rings (SSSR count). The molecule has 1 aromatic heterocycles. The van der Waals surface area contributed by atoms with Crippen molar-refractivity contribution in [2.75, 3.05) is 46.5 Å². The number of aliphatic hydroxyl groups excluding tert-OH is 1. The molecule has 144 valence electrons. The molecule has 2 fully saturated rings. The predicted octanol–water partition coefficient (Wildman–Crippen LogP) is 0.603. The van der Waals surface area contributed by atoms with Crippen LogP contribution in [0.25, 0.3) is 11.3 Å². The van der Waals surface area contributed by atoms with Gasteiger partial charge < -0.3 is 19.5 Å². The number of hydrogen-bond donors (Lipinski definition) is 2. The fourth-order valence-electron chi connectivity index (χ4n) is 3.71. The highest BCUT2D eigenvalue weighted by atomic mass is 16.5. The normalized spacial score (nSPS) is 23.6. The smallest absolute Gasteiger partial charge is 0.272 e. The van der Waals surface area contributed by atoms with Gasteiger partial charge in [-0.1, -0.05) is 0 Å². The van der Waals surface area contributed by atoms with Gasteiger partial charge in [0.15, 0.2) is 0 Å². The number of carbonyl (C=O) groups is 1. The van der Waals surface area contributed by atoms with E-state index in [2.05, 4.69) is 15.1 Å². The number of ether oxygens (including phenoxy) is 2. The van der Waals surface area contributed by atoms with Gasteiger partial charge in [-0.15, -0.1) is 0 Å². The van der Waals surface area contributed by atoms with Crippen LogP contribution in [0.5, 0.6) is 5.75 Å². The van der Waals surface area contributed by atoms with E-state index in [0.717, 1.165) is 24.4 Å². The molecule has 2 aromatic rings. The lowest BCUT2D eigenvalue weighted by atomic mass is 10.1. The second-order valence-corrected chi connectivity index (χ2v) is 6.89. The molecule has 2 aliphatic heterocycles. The molecule has 0 unspecified atom stereocenters. The largest absolute Gasteiger partial charge is 0.497 e. The molecule has 8 nitrogen and oxygen atoms in total. The number of aliphatic hydroxyl groups is 1. The number of rotatable bonds is 4. The van der Waals surface area contributed by atoms with E-state index in [1.54, 1.807) is 18.1 Å². The van der Waals surface area contributed by atoms with E-state index in [0.29, 0.717) is 37.7 Å². The van der Waals surface area contributed by atoms with Gasteiger partial charge in [-0.2, -0.15) is 5.10 Å². The van der Waals surface area contributed by atoms with Gasteiger partial charge in [-0.05, 0) is 30.3 Å². The Morgan fingerprint density at radius 3 is 2.70 bits per heavy atom. The third-order valence-electron chi connectivity index (χ3n) is 5.26. The van der Waals surface area contributed by atoms with Crippen molar-refractivity contribution >= 4 is 5.91 Å². The van der Waals surface area contributed by atoms with Crippen LogP contribution in [-0.2, 0) is 4.74 Å². The highest BCUT2D eigenvalue weighted by Gasteiger charge is 2.38. The van der Waals surface area contributed by atoms with Crippen LogP contribution in [0.2, 0.25) is 0 Å². The summed E-state index contributed by atoms with van der Waals surface area (Å²) in [5.41, 5.74) is 2.03. The van der Waals surface area contributed by atoms with Gasteiger partial charge in [-0.25, -0.2) is 0 Å². The van der Waals surface area contributed by atoms with E-state index in [9.17, 15) is 9.90 Å². The molecule has 2 aliphatic rings. The Hall–Kier alpha value is -2.42. The quantitative estimate of drug-likeness (QED) is 0.817. The first-order chi connectivity index (χ1) is 13.2. The minimum Gasteiger partial charge on any atom is -0.497 e. The number of nitrogens with zero attached hydrogens (tertiary/aromatic N) is 3. The molecule has 2 atom stereocenters. The lowest BCUT2D eigenvalue weighted by molar-refractivity contribution is -0.00611. The summed E-state index contributed by atoms with van der Waals surface area (Å²) in [5.74, 6) is 0.628. The summed E-state index contributed by atoms with van der Waals surface area (Å²) in [6, 6.07) is 9.22. The van der Waals surface area contributed by atoms with E-state index in [4.69, 9.17) is 9.47 Å². The Morgan fingerprint density at radius 2 is 2.00 bits per heavy atom. The summed E-state index contributed by atoms with van der Waals surface area (Å²) >= 11 is 0. The monoisotopic (exact) mass is 372 g/mol. The van der Waals surface area contributed by atoms with Crippen LogP contribution in [0, 0.1) is 0 Å². The molecular weight excluding hydrogens is 348 g/mol. The number of amides is 1. The maximum absolute atomic E-state index is 12.8. The Kier molecular flexibility index (Phi) is 5.11. The first kappa shape index (κ1) is 18.0. The average molecular weight is 372 g/mol. The molecule has 0 saturated carbocycles. The van der Waals surface area contributed by atoms with Gasteiger partial charge in [0.2, 0.25) is 0 Å². The van der Waals surface area contributed by atoms with E-state index in [1.807, 2.05) is 24.3 Å². The minimum absolute atomic E-state index is 0.0400. The number of aromatic nitrogens is 2. The van der Waals surface area contributed by atoms with E-state index < -0.39 is 6.10 Å². The first-order valence-electron chi connectivity index (χ1n) is 9.14. The fourth-order valence-corrected chi connectivity index (χ4v) is 3.71. The van der Waals surface area contributed by atoms with Crippen LogP contribution >= 0.6 is 0 Å². The SMILES string of the molecule is COc1ccc(-c2cc(C(=O)N3C[C@@H](O)[C@H](N4CCOCC4)C3)[nH]n2)cc1.